The van der Waals surface area contributed by atoms with Crippen LogP contribution >= 0.6 is 0 Å². The lowest BCUT2D eigenvalue weighted by molar-refractivity contribution is 0.0472. The molecule has 0 spiro atoms. The van der Waals surface area contributed by atoms with E-state index in [0.29, 0.717) is 5.92 Å². The highest BCUT2D eigenvalue weighted by atomic mass is 16.5. The number of aryl methyl sites for hydroxylation is 1. The van der Waals surface area contributed by atoms with Gasteiger partial charge in [0, 0.05) is 24.6 Å². The Labute approximate surface area is 78.9 Å². The maximum Gasteiger partial charge on any atom is 0.0864 e. The lowest BCUT2D eigenvalue weighted by Gasteiger charge is -2.29. The van der Waals surface area contributed by atoms with Crippen LogP contribution in [0.5, 0.6) is 0 Å². The summed E-state index contributed by atoms with van der Waals surface area (Å²) < 4.78 is 5.49. The second-order valence-electron chi connectivity index (χ2n) is 3.71. The minimum absolute atomic E-state index is 0.248. The number of hydrogen-bond donors (Lipinski definition) is 0. The quantitative estimate of drug-likeness (QED) is 0.657. The van der Waals surface area contributed by atoms with Crippen molar-refractivity contribution < 1.29 is 4.74 Å². The van der Waals surface area contributed by atoms with Crippen molar-refractivity contribution in [2.45, 2.75) is 25.9 Å². The van der Waals surface area contributed by atoms with Crippen molar-refractivity contribution in [1.82, 2.24) is 4.98 Å². The van der Waals surface area contributed by atoms with Crippen LogP contribution in [0.15, 0.2) is 18.3 Å². The van der Waals surface area contributed by atoms with Crippen LogP contribution in [-0.2, 0) is 11.2 Å². The Bertz CT molecular complexity index is 298. The zero-order chi connectivity index (χ0) is 9.26. The SMILES string of the molecule is COC1c2cccnc2CCC1C. The van der Waals surface area contributed by atoms with Crippen LogP contribution in [0.25, 0.3) is 0 Å². The van der Waals surface area contributed by atoms with Gasteiger partial charge in [0.25, 0.3) is 0 Å². The van der Waals surface area contributed by atoms with Gasteiger partial charge < -0.3 is 4.74 Å². The maximum atomic E-state index is 5.49. The molecule has 13 heavy (non-hydrogen) atoms. The zero-order valence-electron chi connectivity index (χ0n) is 8.16. The number of ether oxygens (including phenoxy) is 1. The Morgan fingerprint density at radius 1 is 1.54 bits per heavy atom. The molecule has 1 aromatic heterocycles. The summed E-state index contributed by atoms with van der Waals surface area (Å²) in [5, 5.41) is 0. The highest BCUT2D eigenvalue weighted by Crippen LogP contribution is 2.34. The van der Waals surface area contributed by atoms with E-state index in [1.165, 1.54) is 17.7 Å². The maximum absolute atomic E-state index is 5.49. The molecule has 2 nitrogen and oxygen atoms in total. The summed E-state index contributed by atoms with van der Waals surface area (Å²) in [5.74, 6) is 0.613. The Balaban J connectivity index is 2.39. The van der Waals surface area contributed by atoms with Crippen molar-refractivity contribution in [2.75, 3.05) is 7.11 Å². The average Bonchev–Trinajstić information content (AvgIpc) is 2.18. The normalized spacial score (nSPS) is 26.9. The molecule has 2 rings (SSSR count). The average molecular weight is 177 g/mol. The number of hydrogen-bond acceptors (Lipinski definition) is 2. The first kappa shape index (κ1) is 8.70. The summed E-state index contributed by atoms with van der Waals surface area (Å²) >= 11 is 0. The molecule has 1 aliphatic rings. The van der Waals surface area contributed by atoms with E-state index in [4.69, 9.17) is 4.74 Å². The van der Waals surface area contributed by atoms with Gasteiger partial charge in [-0.25, -0.2) is 0 Å². The van der Waals surface area contributed by atoms with Crippen molar-refractivity contribution >= 4 is 0 Å². The van der Waals surface area contributed by atoms with Crippen molar-refractivity contribution in [1.29, 1.82) is 0 Å². The van der Waals surface area contributed by atoms with Crippen LogP contribution < -0.4 is 0 Å². The van der Waals surface area contributed by atoms with Gasteiger partial charge in [0.2, 0.25) is 0 Å². The van der Waals surface area contributed by atoms with E-state index in [1.807, 2.05) is 12.3 Å². The largest absolute Gasteiger partial charge is 0.376 e. The van der Waals surface area contributed by atoms with Crippen LogP contribution in [0, 0.1) is 5.92 Å². The third-order valence-corrected chi connectivity index (χ3v) is 2.84. The van der Waals surface area contributed by atoms with Crippen LogP contribution in [0.3, 0.4) is 0 Å². The fourth-order valence-corrected chi connectivity index (χ4v) is 2.10. The topological polar surface area (TPSA) is 22.1 Å². The second kappa shape index (κ2) is 3.46. The number of aromatic nitrogens is 1. The summed E-state index contributed by atoms with van der Waals surface area (Å²) in [6.45, 7) is 2.24. The molecule has 0 saturated heterocycles. The molecule has 2 unspecified atom stereocenters. The Kier molecular flexibility index (Phi) is 2.32. The summed E-state index contributed by atoms with van der Waals surface area (Å²) in [4.78, 5) is 4.37. The number of methoxy groups -OCH3 is 1. The molecular formula is C11H15NO. The summed E-state index contributed by atoms with van der Waals surface area (Å²) in [6.07, 6.45) is 4.39. The molecule has 0 N–H and O–H groups in total. The van der Waals surface area contributed by atoms with Gasteiger partial charge in [-0.3, -0.25) is 4.98 Å². The Morgan fingerprint density at radius 3 is 3.15 bits per heavy atom. The molecule has 2 heteroatoms. The number of pyridine rings is 1. The van der Waals surface area contributed by atoms with Crippen molar-refractivity contribution in [3.63, 3.8) is 0 Å². The predicted octanol–water partition coefficient (Wildman–Crippen LogP) is 2.35. The van der Waals surface area contributed by atoms with E-state index in [1.54, 1.807) is 7.11 Å². The van der Waals surface area contributed by atoms with Crippen LogP contribution in [0.2, 0.25) is 0 Å². The van der Waals surface area contributed by atoms with Crippen LogP contribution in [-0.4, -0.2) is 12.1 Å². The third kappa shape index (κ3) is 1.46. The molecule has 0 aromatic carbocycles. The van der Waals surface area contributed by atoms with Gasteiger partial charge in [0.1, 0.15) is 0 Å². The van der Waals surface area contributed by atoms with Crippen molar-refractivity contribution in [3.05, 3.63) is 29.6 Å². The van der Waals surface area contributed by atoms with Gasteiger partial charge in [-0.05, 0) is 24.8 Å². The molecule has 0 aliphatic heterocycles. The van der Waals surface area contributed by atoms with Gasteiger partial charge >= 0.3 is 0 Å². The predicted molar refractivity (Wildman–Crippen MR) is 51.5 cm³/mol. The molecule has 0 fully saturated rings. The van der Waals surface area contributed by atoms with Crippen LogP contribution in [0.1, 0.15) is 30.7 Å². The molecule has 2 atom stereocenters. The molecule has 70 valence electrons. The highest BCUT2D eigenvalue weighted by molar-refractivity contribution is 5.25. The van der Waals surface area contributed by atoms with E-state index in [-0.39, 0.29) is 6.10 Å². The highest BCUT2D eigenvalue weighted by Gasteiger charge is 2.26. The molecule has 1 aromatic rings. The molecule has 1 aliphatic carbocycles. The molecule has 0 bridgehead atoms. The van der Waals surface area contributed by atoms with E-state index >= 15 is 0 Å². The number of rotatable bonds is 1. The van der Waals surface area contributed by atoms with Gasteiger partial charge in [0.15, 0.2) is 0 Å². The number of nitrogens with zero attached hydrogens (tertiary/aromatic N) is 1. The van der Waals surface area contributed by atoms with Crippen molar-refractivity contribution in [3.8, 4) is 0 Å². The summed E-state index contributed by atoms with van der Waals surface area (Å²) in [5.41, 5.74) is 2.50. The van der Waals surface area contributed by atoms with E-state index in [9.17, 15) is 0 Å². The van der Waals surface area contributed by atoms with Crippen molar-refractivity contribution in [2.24, 2.45) is 5.92 Å². The van der Waals surface area contributed by atoms with Gasteiger partial charge in [0.05, 0.1) is 6.10 Å². The molecule has 0 amide bonds. The molecule has 1 heterocycles. The molecular weight excluding hydrogens is 162 g/mol. The zero-order valence-corrected chi connectivity index (χ0v) is 8.16. The van der Waals surface area contributed by atoms with E-state index in [0.717, 1.165) is 6.42 Å². The molecule has 0 saturated carbocycles. The summed E-state index contributed by atoms with van der Waals surface area (Å²) in [7, 11) is 1.78. The third-order valence-electron chi connectivity index (χ3n) is 2.84. The monoisotopic (exact) mass is 177 g/mol. The Morgan fingerprint density at radius 2 is 2.38 bits per heavy atom. The Hall–Kier alpha value is -0.890. The van der Waals surface area contributed by atoms with Gasteiger partial charge in [-0.1, -0.05) is 13.0 Å². The second-order valence-corrected chi connectivity index (χ2v) is 3.71. The first-order chi connectivity index (χ1) is 6.33. The minimum Gasteiger partial charge on any atom is -0.376 e. The first-order valence-electron chi connectivity index (χ1n) is 4.79. The lowest BCUT2D eigenvalue weighted by Crippen LogP contribution is -2.20. The van der Waals surface area contributed by atoms with E-state index < -0.39 is 0 Å². The fourth-order valence-electron chi connectivity index (χ4n) is 2.10. The lowest BCUT2D eigenvalue weighted by atomic mass is 9.85. The summed E-state index contributed by atoms with van der Waals surface area (Å²) in [6, 6.07) is 4.12. The fraction of sp³-hybridized carbons (Fsp3) is 0.545. The van der Waals surface area contributed by atoms with Gasteiger partial charge in [-0.15, -0.1) is 0 Å². The number of fused-ring (bicyclic) bond motifs is 1. The minimum atomic E-state index is 0.248. The smallest absolute Gasteiger partial charge is 0.0864 e. The first-order valence-corrected chi connectivity index (χ1v) is 4.79. The van der Waals surface area contributed by atoms with E-state index in [2.05, 4.69) is 18.0 Å². The standard InChI is InChI=1S/C11H15NO/c1-8-5-6-10-9(11(8)13-2)4-3-7-12-10/h3-4,7-8,11H,5-6H2,1-2H3. The molecule has 0 radical (unpaired) electrons. The van der Waals surface area contributed by atoms with Gasteiger partial charge in [-0.2, -0.15) is 0 Å². The van der Waals surface area contributed by atoms with Crippen LogP contribution in [0.4, 0.5) is 0 Å².